The summed E-state index contributed by atoms with van der Waals surface area (Å²) in [6.45, 7) is 9.37. The monoisotopic (exact) mass is 407 g/mol. The molecule has 8 heteroatoms. The zero-order chi connectivity index (χ0) is 17.4. The van der Waals surface area contributed by atoms with E-state index in [9.17, 15) is 4.79 Å². The van der Waals surface area contributed by atoms with Crippen LogP contribution in [0.2, 0.25) is 0 Å². The SMILES string of the molecule is CCN(CC)CCOc1cc(NC(=O)C2CCNC2)ccc1OC.Cl.Cl. The molecule has 1 aromatic carbocycles. The maximum atomic E-state index is 12.2. The molecule has 26 heavy (non-hydrogen) atoms. The van der Waals surface area contributed by atoms with Crippen LogP contribution in [0.25, 0.3) is 0 Å². The van der Waals surface area contributed by atoms with E-state index in [4.69, 9.17) is 9.47 Å². The molecule has 0 saturated carbocycles. The molecule has 0 spiro atoms. The molecule has 150 valence electrons. The first-order valence-corrected chi connectivity index (χ1v) is 8.72. The first-order valence-electron chi connectivity index (χ1n) is 8.72. The molecule has 1 aliphatic rings. The second-order valence-electron chi connectivity index (χ2n) is 5.92. The largest absolute Gasteiger partial charge is 0.493 e. The third-order valence-corrected chi connectivity index (χ3v) is 4.42. The van der Waals surface area contributed by atoms with Crippen molar-refractivity contribution in [3.8, 4) is 11.5 Å². The number of ether oxygens (including phenoxy) is 2. The Labute approximate surface area is 168 Å². The molecule has 1 heterocycles. The van der Waals surface area contributed by atoms with Gasteiger partial charge in [-0.25, -0.2) is 0 Å². The number of methoxy groups -OCH3 is 1. The molecule has 1 aliphatic heterocycles. The van der Waals surface area contributed by atoms with E-state index in [2.05, 4.69) is 29.4 Å². The quantitative estimate of drug-likeness (QED) is 0.658. The lowest BCUT2D eigenvalue weighted by Crippen LogP contribution is -2.28. The van der Waals surface area contributed by atoms with Gasteiger partial charge in [0, 0.05) is 24.8 Å². The van der Waals surface area contributed by atoms with E-state index in [1.54, 1.807) is 7.11 Å². The minimum atomic E-state index is 0. The first-order chi connectivity index (χ1) is 11.7. The Morgan fingerprint density at radius 2 is 2.00 bits per heavy atom. The Hall–Kier alpha value is -1.21. The Morgan fingerprint density at radius 1 is 1.27 bits per heavy atom. The van der Waals surface area contributed by atoms with Gasteiger partial charge >= 0.3 is 0 Å². The average molecular weight is 408 g/mol. The highest BCUT2D eigenvalue weighted by Gasteiger charge is 2.22. The first kappa shape index (κ1) is 24.8. The number of anilines is 1. The third kappa shape index (κ3) is 7.19. The molecular formula is C18H31Cl2N3O3. The summed E-state index contributed by atoms with van der Waals surface area (Å²) in [5.41, 5.74) is 0.741. The lowest BCUT2D eigenvalue weighted by atomic mass is 10.1. The Kier molecular flexibility index (Phi) is 12.4. The summed E-state index contributed by atoms with van der Waals surface area (Å²) >= 11 is 0. The topological polar surface area (TPSA) is 62.8 Å². The number of likely N-dealkylation sites (N-methyl/N-ethyl adjacent to an activating group) is 1. The second kappa shape index (κ2) is 13.0. The van der Waals surface area contributed by atoms with Crippen molar-refractivity contribution in [2.45, 2.75) is 20.3 Å². The molecule has 0 bridgehead atoms. The number of carbonyl (C=O) groups excluding carboxylic acids is 1. The number of amides is 1. The van der Waals surface area contributed by atoms with E-state index in [1.165, 1.54) is 0 Å². The average Bonchev–Trinajstić information content (AvgIpc) is 3.14. The summed E-state index contributed by atoms with van der Waals surface area (Å²) < 4.78 is 11.2. The second-order valence-corrected chi connectivity index (χ2v) is 5.92. The number of hydrogen-bond donors (Lipinski definition) is 2. The van der Waals surface area contributed by atoms with E-state index in [-0.39, 0.29) is 36.6 Å². The predicted molar refractivity (Wildman–Crippen MR) is 110 cm³/mol. The van der Waals surface area contributed by atoms with Gasteiger partial charge in [0.2, 0.25) is 5.91 Å². The number of hydrogen-bond acceptors (Lipinski definition) is 5. The highest BCUT2D eigenvalue weighted by atomic mass is 35.5. The Balaban J connectivity index is 0.00000312. The lowest BCUT2D eigenvalue weighted by molar-refractivity contribution is -0.119. The van der Waals surface area contributed by atoms with Gasteiger partial charge in [0.05, 0.1) is 13.0 Å². The van der Waals surface area contributed by atoms with Gasteiger partial charge in [-0.05, 0) is 38.2 Å². The fourth-order valence-electron chi connectivity index (χ4n) is 2.81. The van der Waals surface area contributed by atoms with Crippen molar-refractivity contribution in [3.05, 3.63) is 18.2 Å². The number of rotatable bonds is 9. The molecule has 2 N–H and O–H groups in total. The van der Waals surface area contributed by atoms with Crippen LogP contribution in [-0.2, 0) is 4.79 Å². The normalized spacial score (nSPS) is 15.8. The standard InChI is InChI=1S/C18H29N3O3.2ClH/c1-4-21(5-2)10-11-24-17-12-15(6-7-16(17)23-3)20-18(22)14-8-9-19-13-14;;/h6-7,12,14,19H,4-5,8-11,13H2,1-3H3,(H,20,22);2*1H. The maximum Gasteiger partial charge on any atom is 0.228 e. The van der Waals surface area contributed by atoms with Crippen LogP contribution in [0.3, 0.4) is 0 Å². The van der Waals surface area contributed by atoms with E-state index >= 15 is 0 Å². The molecule has 1 aromatic rings. The third-order valence-electron chi connectivity index (χ3n) is 4.42. The van der Waals surface area contributed by atoms with Crippen molar-refractivity contribution in [1.29, 1.82) is 0 Å². The number of nitrogens with zero attached hydrogens (tertiary/aromatic N) is 1. The molecule has 1 saturated heterocycles. The fraction of sp³-hybridized carbons (Fsp3) is 0.611. The fourth-order valence-corrected chi connectivity index (χ4v) is 2.81. The molecule has 1 fully saturated rings. The van der Waals surface area contributed by atoms with Crippen molar-refractivity contribution >= 4 is 36.4 Å². The van der Waals surface area contributed by atoms with Crippen molar-refractivity contribution in [3.63, 3.8) is 0 Å². The summed E-state index contributed by atoms with van der Waals surface area (Å²) in [4.78, 5) is 14.5. The van der Waals surface area contributed by atoms with E-state index in [1.807, 2.05) is 18.2 Å². The number of carbonyl (C=O) groups is 1. The number of halogens is 2. The predicted octanol–water partition coefficient (Wildman–Crippen LogP) is 2.81. The molecule has 1 atom stereocenters. The Bertz CT molecular complexity index is 536. The molecule has 0 radical (unpaired) electrons. The Morgan fingerprint density at radius 3 is 2.58 bits per heavy atom. The summed E-state index contributed by atoms with van der Waals surface area (Å²) in [5, 5.41) is 6.18. The van der Waals surface area contributed by atoms with E-state index in [0.29, 0.717) is 18.1 Å². The van der Waals surface area contributed by atoms with Crippen LogP contribution < -0.4 is 20.1 Å². The number of nitrogens with one attached hydrogen (secondary N) is 2. The maximum absolute atomic E-state index is 12.2. The molecule has 6 nitrogen and oxygen atoms in total. The van der Waals surface area contributed by atoms with Crippen LogP contribution in [0.1, 0.15) is 20.3 Å². The molecule has 1 amide bonds. The van der Waals surface area contributed by atoms with Gasteiger partial charge in [-0.1, -0.05) is 13.8 Å². The molecule has 2 rings (SSSR count). The molecule has 0 aliphatic carbocycles. The van der Waals surface area contributed by atoms with Crippen molar-refractivity contribution in [1.82, 2.24) is 10.2 Å². The summed E-state index contributed by atoms with van der Waals surface area (Å²) in [6.07, 6.45) is 0.884. The van der Waals surface area contributed by atoms with Gasteiger partial charge in [0.1, 0.15) is 6.61 Å². The van der Waals surface area contributed by atoms with Gasteiger partial charge in [0.15, 0.2) is 11.5 Å². The van der Waals surface area contributed by atoms with Crippen LogP contribution in [0.15, 0.2) is 18.2 Å². The highest BCUT2D eigenvalue weighted by Crippen LogP contribution is 2.30. The smallest absolute Gasteiger partial charge is 0.228 e. The van der Waals surface area contributed by atoms with Crippen LogP contribution in [0.4, 0.5) is 5.69 Å². The molecular weight excluding hydrogens is 377 g/mol. The minimum Gasteiger partial charge on any atom is -0.493 e. The van der Waals surface area contributed by atoms with Crippen molar-refractivity contribution in [2.24, 2.45) is 5.92 Å². The highest BCUT2D eigenvalue weighted by molar-refractivity contribution is 5.93. The van der Waals surface area contributed by atoms with Gasteiger partial charge in [-0.3, -0.25) is 4.79 Å². The lowest BCUT2D eigenvalue weighted by Gasteiger charge is -2.19. The molecule has 0 aromatic heterocycles. The zero-order valence-corrected chi connectivity index (χ0v) is 17.4. The van der Waals surface area contributed by atoms with Gasteiger partial charge in [0.25, 0.3) is 0 Å². The summed E-state index contributed by atoms with van der Waals surface area (Å²) in [5.74, 6) is 1.43. The van der Waals surface area contributed by atoms with Crippen LogP contribution in [-0.4, -0.2) is 57.2 Å². The summed E-state index contributed by atoms with van der Waals surface area (Å²) in [7, 11) is 1.62. The molecule has 1 unspecified atom stereocenters. The van der Waals surface area contributed by atoms with E-state index < -0.39 is 0 Å². The van der Waals surface area contributed by atoms with E-state index in [0.717, 1.165) is 44.8 Å². The minimum absolute atomic E-state index is 0. The van der Waals surface area contributed by atoms with Crippen LogP contribution >= 0.6 is 24.8 Å². The zero-order valence-electron chi connectivity index (χ0n) is 15.7. The van der Waals surface area contributed by atoms with Gasteiger partial charge in [-0.2, -0.15) is 0 Å². The van der Waals surface area contributed by atoms with Gasteiger partial charge < -0.3 is 25.0 Å². The van der Waals surface area contributed by atoms with Crippen molar-refractivity contribution in [2.75, 3.05) is 51.8 Å². The van der Waals surface area contributed by atoms with Crippen LogP contribution in [0.5, 0.6) is 11.5 Å². The number of benzene rings is 1. The van der Waals surface area contributed by atoms with Crippen LogP contribution in [0, 0.1) is 5.92 Å². The van der Waals surface area contributed by atoms with Gasteiger partial charge in [-0.15, -0.1) is 24.8 Å². The van der Waals surface area contributed by atoms with Crippen molar-refractivity contribution < 1.29 is 14.3 Å². The summed E-state index contributed by atoms with van der Waals surface area (Å²) in [6, 6.07) is 5.51.